The van der Waals surface area contributed by atoms with Crippen molar-refractivity contribution in [2.45, 2.75) is 53.1 Å². The third-order valence-electron chi connectivity index (χ3n) is 4.64. The Morgan fingerprint density at radius 1 is 1.23 bits per heavy atom. The first-order valence-electron chi connectivity index (χ1n) is 11.0. The molecule has 0 atom stereocenters. The summed E-state index contributed by atoms with van der Waals surface area (Å²) in [4.78, 5) is 26.8. The van der Waals surface area contributed by atoms with Crippen molar-refractivity contribution in [3.8, 4) is 0 Å². The normalized spacial score (nSPS) is 15.9. The van der Waals surface area contributed by atoms with Crippen LogP contribution in [0, 0.1) is 0 Å². The fraction of sp³-hybridized carbons (Fsp3) is 0.762. The van der Waals surface area contributed by atoms with Crippen LogP contribution in [0.2, 0.25) is 0 Å². The molecule has 1 aliphatic heterocycles. The summed E-state index contributed by atoms with van der Waals surface area (Å²) in [6, 6.07) is 0. The topological polar surface area (TPSA) is 82.1 Å². The van der Waals surface area contributed by atoms with Crippen molar-refractivity contribution in [3.05, 3.63) is 16.1 Å². The molecule has 1 aromatic rings. The van der Waals surface area contributed by atoms with Crippen molar-refractivity contribution < 1.29 is 9.53 Å². The molecule has 2 N–H and O–H groups in total. The monoisotopic (exact) mass is 438 g/mol. The van der Waals surface area contributed by atoms with Gasteiger partial charge in [-0.05, 0) is 34.1 Å². The quantitative estimate of drug-likeness (QED) is 0.479. The van der Waals surface area contributed by atoms with E-state index in [-0.39, 0.29) is 6.09 Å². The molecule has 1 fully saturated rings. The molecule has 0 spiro atoms. The van der Waals surface area contributed by atoms with Gasteiger partial charge in [0.05, 0.1) is 11.6 Å². The van der Waals surface area contributed by atoms with Crippen molar-refractivity contribution in [1.29, 1.82) is 0 Å². The number of aliphatic imine (C=N–C) groups is 1. The van der Waals surface area contributed by atoms with Gasteiger partial charge in [-0.2, -0.15) is 0 Å². The Kier molecular flexibility index (Phi) is 9.84. The first-order valence-corrected chi connectivity index (χ1v) is 11.8. The molecule has 0 aliphatic carbocycles. The van der Waals surface area contributed by atoms with Gasteiger partial charge in [-0.15, -0.1) is 11.3 Å². The third kappa shape index (κ3) is 8.87. The number of hydrogen-bond acceptors (Lipinski definition) is 6. The van der Waals surface area contributed by atoms with Gasteiger partial charge in [0.2, 0.25) is 0 Å². The van der Waals surface area contributed by atoms with Crippen LogP contribution in [0.4, 0.5) is 4.79 Å². The zero-order chi connectivity index (χ0) is 22.0. The van der Waals surface area contributed by atoms with E-state index < -0.39 is 5.60 Å². The Balaban J connectivity index is 1.69. The van der Waals surface area contributed by atoms with Gasteiger partial charge >= 0.3 is 6.09 Å². The molecule has 9 heteroatoms. The van der Waals surface area contributed by atoms with Gasteiger partial charge in [0.25, 0.3) is 0 Å². The van der Waals surface area contributed by atoms with Crippen LogP contribution < -0.4 is 10.6 Å². The molecule has 8 nitrogen and oxygen atoms in total. The van der Waals surface area contributed by atoms with Gasteiger partial charge in [-0.25, -0.2) is 9.78 Å². The van der Waals surface area contributed by atoms with Crippen molar-refractivity contribution in [3.63, 3.8) is 0 Å². The second kappa shape index (κ2) is 12.1. The average Bonchev–Trinajstić information content (AvgIpc) is 3.15. The predicted molar refractivity (Wildman–Crippen MR) is 123 cm³/mol. The minimum atomic E-state index is -0.448. The molecule has 0 unspecified atom stereocenters. The minimum absolute atomic E-state index is 0.218. The van der Waals surface area contributed by atoms with E-state index in [4.69, 9.17) is 9.73 Å². The molecule has 0 saturated carbocycles. The van der Waals surface area contributed by atoms with Crippen LogP contribution in [0.3, 0.4) is 0 Å². The first-order chi connectivity index (χ1) is 14.3. The van der Waals surface area contributed by atoms with Crippen molar-refractivity contribution in [1.82, 2.24) is 25.4 Å². The van der Waals surface area contributed by atoms with Crippen molar-refractivity contribution >= 4 is 23.4 Å². The van der Waals surface area contributed by atoms with E-state index in [0.717, 1.165) is 63.1 Å². The summed E-state index contributed by atoms with van der Waals surface area (Å²) in [5.41, 5.74) is -0.448. The molecule has 0 aromatic carbocycles. The highest BCUT2D eigenvalue weighted by molar-refractivity contribution is 7.11. The van der Waals surface area contributed by atoms with E-state index in [2.05, 4.69) is 34.4 Å². The van der Waals surface area contributed by atoms with Crippen molar-refractivity contribution in [2.75, 3.05) is 52.4 Å². The third-order valence-corrected chi connectivity index (χ3v) is 5.84. The van der Waals surface area contributed by atoms with Gasteiger partial charge < -0.3 is 20.3 Å². The van der Waals surface area contributed by atoms with Crippen LogP contribution >= 0.6 is 11.3 Å². The zero-order valence-corrected chi connectivity index (χ0v) is 20.0. The number of guanidine groups is 1. The summed E-state index contributed by atoms with van der Waals surface area (Å²) in [5.74, 6) is 0.845. The van der Waals surface area contributed by atoms with Crippen LogP contribution in [-0.4, -0.2) is 84.8 Å². The highest BCUT2D eigenvalue weighted by Gasteiger charge is 2.25. The van der Waals surface area contributed by atoms with E-state index in [9.17, 15) is 4.79 Å². The van der Waals surface area contributed by atoms with Crippen LogP contribution in [0.5, 0.6) is 0 Å². The fourth-order valence-corrected chi connectivity index (χ4v) is 3.90. The number of nitrogens with one attached hydrogen (secondary N) is 2. The number of carbonyl (C=O) groups is 1. The number of nitrogens with zero attached hydrogens (tertiary/aromatic N) is 4. The Bertz CT molecular complexity index is 677. The van der Waals surface area contributed by atoms with Crippen LogP contribution in [0.1, 0.15) is 44.5 Å². The lowest BCUT2D eigenvalue weighted by Gasteiger charge is -2.35. The van der Waals surface area contributed by atoms with E-state index >= 15 is 0 Å². The maximum Gasteiger partial charge on any atom is 0.410 e. The van der Waals surface area contributed by atoms with E-state index in [1.54, 1.807) is 16.2 Å². The number of piperazine rings is 1. The van der Waals surface area contributed by atoms with Crippen LogP contribution in [-0.2, 0) is 17.6 Å². The summed E-state index contributed by atoms with van der Waals surface area (Å²) in [7, 11) is 0. The lowest BCUT2D eigenvalue weighted by molar-refractivity contribution is 0.0148. The van der Waals surface area contributed by atoms with E-state index in [1.807, 2.05) is 27.0 Å². The molecule has 0 bridgehead atoms. The van der Waals surface area contributed by atoms with Gasteiger partial charge in [-0.3, -0.25) is 9.89 Å². The maximum absolute atomic E-state index is 12.2. The summed E-state index contributed by atoms with van der Waals surface area (Å²) in [6.07, 6.45) is 3.70. The molecule has 30 heavy (non-hydrogen) atoms. The summed E-state index contributed by atoms with van der Waals surface area (Å²) < 4.78 is 5.46. The second-order valence-corrected chi connectivity index (χ2v) is 9.52. The standard InChI is InChI=1S/C21H38N6O2S/c1-6-17-16-25-18(30-17)8-9-23-19(22-7-2)24-10-11-26-12-14-27(15-13-26)20(28)29-21(3,4)5/h16H,6-15H2,1-5H3,(H2,22,23,24). The van der Waals surface area contributed by atoms with Gasteiger partial charge in [-0.1, -0.05) is 6.92 Å². The lowest BCUT2D eigenvalue weighted by Crippen LogP contribution is -2.50. The number of carbonyl (C=O) groups excluding carboxylic acids is 1. The number of thiazole rings is 1. The van der Waals surface area contributed by atoms with Gasteiger partial charge in [0.1, 0.15) is 5.60 Å². The van der Waals surface area contributed by atoms with Crippen LogP contribution in [0.25, 0.3) is 0 Å². The smallest absolute Gasteiger partial charge is 0.410 e. The zero-order valence-electron chi connectivity index (χ0n) is 19.2. The van der Waals surface area contributed by atoms with E-state index in [1.165, 1.54) is 4.88 Å². The molecule has 1 aromatic heterocycles. The Hall–Kier alpha value is -1.87. The molecule has 1 aliphatic rings. The minimum Gasteiger partial charge on any atom is -0.444 e. The number of aromatic nitrogens is 1. The molecule has 0 radical (unpaired) electrons. The van der Waals surface area contributed by atoms with E-state index in [0.29, 0.717) is 13.1 Å². The van der Waals surface area contributed by atoms with Crippen molar-refractivity contribution in [2.24, 2.45) is 4.99 Å². The molecule has 1 saturated heterocycles. The second-order valence-electron chi connectivity index (χ2n) is 8.32. The Morgan fingerprint density at radius 2 is 1.97 bits per heavy atom. The average molecular weight is 439 g/mol. The number of amides is 1. The molecular formula is C21H38N6O2S. The molecule has 170 valence electrons. The molecule has 2 heterocycles. The highest BCUT2D eigenvalue weighted by Crippen LogP contribution is 2.13. The molecular weight excluding hydrogens is 400 g/mol. The Morgan fingerprint density at radius 3 is 2.57 bits per heavy atom. The lowest BCUT2D eigenvalue weighted by atomic mass is 10.2. The number of ether oxygens (including phenoxy) is 1. The number of rotatable bonds is 8. The van der Waals surface area contributed by atoms with Gasteiger partial charge in [0.15, 0.2) is 5.96 Å². The van der Waals surface area contributed by atoms with Gasteiger partial charge in [0, 0.05) is 63.3 Å². The fourth-order valence-electron chi connectivity index (χ4n) is 3.04. The van der Waals surface area contributed by atoms with Crippen LogP contribution in [0.15, 0.2) is 11.2 Å². The first kappa shape index (κ1) is 24.4. The summed E-state index contributed by atoms with van der Waals surface area (Å²) >= 11 is 1.78. The largest absolute Gasteiger partial charge is 0.444 e. The summed E-state index contributed by atoms with van der Waals surface area (Å²) in [5, 5.41) is 7.86. The number of aryl methyl sites for hydroxylation is 1. The number of hydrogen-bond donors (Lipinski definition) is 2. The SMILES string of the molecule is CCNC(=NCCN1CCN(C(=O)OC(C)(C)C)CC1)NCCc1ncc(CC)s1. The Labute approximate surface area is 185 Å². The highest BCUT2D eigenvalue weighted by atomic mass is 32.1. The predicted octanol–water partition coefficient (Wildman–Crippen LogP) is 2.36. The molecule has 2 rings (SSSR count). The summed E-state index contributed by atoms with van der Waals surface area (Å²) in [6.45, 7) is 16.3. The molecule has 1 amide bonds. The maximum atomic E-state index is 12.2.